The van der Waals surface area contributed by atoms with Gasteiger partial charge in [0, 0.05) is 23.8 Å². The smallest absolute Gasteiger partial charge is 0.240 e. The molecule has 1 heterocycles. The molecular formula is C13H16N2O2S. The Kier molecular flexibility index (Phi) is 3.63. The fourth-order valence-corrected chi connectivity index (χ4v) is 3.01. The normalized spacial score (nSPS) is 13.7. The monoisotopic (exact) mass is 264 g/mol. The van der Waals surface area contributed by atoms with Crippen LogP contribution in [0.5, 0.6) is 0 Å². The fourth-order valence-electron chi connectivity index (χ4n) is 1.64. The van der Waals surface area contributed by atoms with Crippen LogP contribution in [0.2, 0.25) is 0 Å². The summed E-state index contributed by atoms with van der Waals surface area (Å²) in [6, 6.07) is 6.78. The maximum atomic E-state index is 12.1. The summed E-state index contributed by atoms with van der Waals surface area (Å²) in [5.41, 5.74) is 0. The lowest BCUT2D eigenvalue weighted by atomic mass is 10.2. The molecule has 0 spiro atoms. The SMILES string of the molecule is CCC(C)NS(=O)(=O)c1ccc2cnccc2c1. The van der Waals surface area contributed by atoms with E-state index in [-0.39, 0.29) is 6.04 Å². The van der Waals surface area contributed by atoms with E-state index < -0.39 is 10.0 Å². The summed E-state index contributed by atoms with van der Waals surface area (Å²) in [5.74, 6) is 0. The highest BCUT2D eigenvalue weighted by molar-refractivity contribution is 7.89. The van der Waals surface area contributed by atoms with E-state index in [0.29, 0.717) is 4.90 Å². The van der Waals surface area contributed by atoms with Crippen LogP contribution in [0.15, 0.2) is 41.6 Å². The molecule has 0 aliphatic carbocycles. The predicted octanol–water partition coefficient (Wildman–Crippen LogP) is 2.31. The van der Waals surface area contributed by atoms with Crippen LogP contribution in [-0.4, -0.2) is 19.4 Å². The quantitative estimate of drug-likeness (QED) is 0.922. The van der Waals surface area contributed by atoms with Crippen molar-refractivity contribution in [3.63, 3.8) is 0 Å². The lowest BCUT2D eigenvalue weighted by molar-refractivity contribution is 0.556. The number of nitrogens with one attached hydrogen (secondary N) is 1. The van der Waals surface area contributed by atoms with E-state index in [0.717, 1.165) is 17.2 Å². The van der Waals surface area contributed by atoms with Gasteiger partial charge >= 0.3 is 0 Å². The maximum Gasteiger partial charge on any atom is 0.240 e. The average molecular weight is 264 g/mol. The van der Waals surface area contributed by atoms with Crippen LogP contribution in [0, 0.1) is 0 Å². The molecule has 1 aromatic heterocycles. The van der Waals surface area contributed by atoms with Crippen molar-refractivity contribution in [2.75, 3.05) is 0 Å². The maximum absolute atomic E-state index is 12.1. The number of sulfonamides is 1. The molecule has 1 unspecified atom stereocenters. The third kappa shape index (κ3) is 2.68. The van der Waals surface area contributed by atoms with Crippen molar-refractivity contribution in [3.05, 3.63) is 36.7 Å². The zero-order valence-corrected chi connectivity index (χ0v) is 11.2. The summed E-state index contributed by atoms with van der Waals surface area (Å²) < 4.78 is 26.9. The van der Waals surface area contributed by atoms with Gasteiger partial charge in [-0.3, -0.25) is 4.98 Å². The molecule has 4 nitrogen and oxygen atoms in total. The molecule has 0 fully saturated rings. The van der Waals surface area contributed by atoms with Gasteiger partial charge < -0.3 is 0 Å². The van der Waals surface area contributed by atoms with Crippen molar-refractivity contribution in [2.45, 2.75) is 31.2 Å². The molecular weight excluding hydrogens is 248 g/mol. The average Bonchev–Trinajstić information content (AvgIpc) is 2.37. The zero-order valence-electron chi connectivity index (χ0n) is 10.4. The molecule has 0 aliphatic rings. The van der Waals surface area contributed by atoms with Gasteiger partial charge in [0.25, 0.3) is 0 Å². The van der Waals surface area contributed by atoms with Gasteiger partial charge in [-0.15, -0.1) is 0 Å². The van der Waals surface area contributed by atoms with Crippen LogP contribution in [0.1, 0.15) is 20.3 Å². The first-order valence-electron chi connectivity index (χ1n) is 5.89. The Labute approximate surface area is 107 Å². The Morgan fingerprint density at radius 2 is 2.06 bits per heavy atom. The second-order valence-corrected chi connectivity index (χ2v) is 6.03. The Morgan fingerprint density at radius 1 is 1.28 bits per heavy atom. The van der Waals surface area contributed by atoms with E-state index in [1.807, 2.05) is 13.8 Å². The predicted molar refractivity (Wildman–Crippen MR) is 71.8 cm³/mol. The van der Waals surface area contributed by atoms with Crippen molar-refractivity contribution in [2.24, 2.45) is 0 Å². The van der Waals surface area contributed by atoms with Crippen molar-refractivity contribution in [1.29, 1.82) is 0 Å². The highest BCUT2D eigenvalue weighted by Crippen LogP contribution is 2.18. The van der Waals surface area contributed by atoms with E-state index in [4.69, 9.17) is 0 Å². The van der Waals surface area contributed by atoms with Gasteiger partial charge in [-0.25, -0.2) is 13.1 Å². The van der Waals surface area contributed by atoms with Crippen molar-refractivity contribution < 1.29 is 8.42 Å². The van der Waals surface area contributed by atoms with Crippen LogP contribution in [0.25, 0.3) is 10.8 Å². The number of benzene rings is 1. The molecule has 2 rings (SSSR count). The standard InChI is InChI=1S/C13H16N2O2S/c1-3-10(2)15-18(16,17)13-5-4-12-9-14-7-6-11(12)8-13/h4-10,15H,3H2,1-2H3. The van der Waals surface area contributed by atoms with Crippen molar-refractivity contribution >= 4 is 20.8 Å². The van der Waals surface area contributed by atoms with Crippen molar-refractivity contribution in [3.8, 4) is 0 Å². The third-order valence-electron chi connectivity index (χ3n) is 2.89. The minimum Gasteiger partial charge on any atom is -0.264 e. The number of aromatic nitrogens is 1. The molecule has 0 amide bonds. The summed E-state index contributed by atoms with van der Waals surface area (Å²) in [4.78, 5) is 4.29. The van der Waals surface area contributed by atoms with Crippen LogP contribution < -0.4 is 4.72 Å². The number of rotatable bonds is 4. The highest BCUT2D eigenvalue weighted by atomic mass is 32.2. The number of fused-ring (bicyclic) bond motifs is 1. The Bertz CT molecular complexity index is 653. The summed E-state index contributed by atoms with van der Waals surface area (Å²) in [6.45, 7) is 3.79. The van der Waals surface area contributed by atoms with E-state index >= 15 is 0 Å². The minimum atomic E-state index is -3.43. The zero-order chi connectivity index (χ0) is 13.2. The number of hydrogen-bond donors (Lipinski definition) is 1. The minimum absolute atomic E-state index is 0.0665. The number of nitrogens with zero attached hydrogens (tertiary/aromatic N) is 1. The van der Waals surface area contributed by atoms with Crippen LogP contribution in [0.4, 0.5) is 0 Å². The first-order chi connectivity index (χ1) is 8.53. The van der Waals surface area contributed by atoms with Gasteiger partial charge in [-0.05, 0) is 36.9 Å². The molecule has 1 N–H and O–H groups in total. The highest BCUT2D eigenvalue weighted by Gasteiger charge is 2.16. The first-order valence-corrected chi connectivity index (χ1v) is 7.37. The molecule has 0 bridgehead atoms. The lowest BCUT2D eigenvalue weighted by Crippen LogP contribution is -2.31. The molecule has 5 heteroatoms. The van der Waals surface area contributed by atoms with E-state index in [9.17, 15) is 8.42 Å². The summed E-state index contributed by atoms with van der Waals surface area (Å²) >= 11 is 0. The summed E-state index contributed by atoms with van der Waals surface area (Å²) in [7, 11) is -3.43. The van der Waals surface area contributed by atoms with Crippen LogP contribution in [-0.2, 0) is 10.0 Å². The summed E-state index contributed by atoms with van der Waals surface area (Å²) in [5, 5.41) is 1.80. The van der Waals surface area contributed by atoms with Gasteiger partial charge in [-0.2, -0.15) is 0 Å². The van der Waals surface area contributed by atoms with E-state index in [2.05, 4.69) is 9.71 Å². The van der Waals surface area contributed by atoms with Crippen LogP contribution in [0.3, 0.4) is 0 Å². The number of hydrogen-bond acceptors (Lipinski definition) is 3. The van der Waals surface area contributed by atoms with Gasteiger partial charge in [0.1, 0.15) is 0 Å². The molecule has 96 valence electrons. The van der Waals surface area contributed by atoms with Gasteiger partial charge in [0.05, 0.1) is 4.90 Å². The molecule has 1 aromatic carbocycles. The second kappa shape index (κ2) is 5.04. The lowest BCUT2D eigenvalue weighted by Gasteiger charge is -2.12. The molecule has 0 radical (unpaired) electrons. The third-order valence-corrected chi connectivity index (χ3v) is 4.48. The molecule has 18 heavy (non-hydrogen) atoms. The Morgan fingerprint density at radius 3 is 2.78 bits per heavy atom. The van der Waals surface area contributed by atoms with Gasteiger partial charge in [-0.1, -0.05) is 13.0 Å². The van der Waals surface area contributed by atoms with E-state index in [1.165, 1.54) is 0 Å². The van der Waals surface area contributed by atoms with Gasteiger partial charge in [0.15, 0.2) is 0 Å². The van der Waals surface area contributed by atoms with Crippen molar-refractivity contribution in [1.82, 2.24) is 9.71 Å². The Balaban J connectivity index is 2.41. The first kappa shape index (κ1) is 13.0. The Hall–Kier alpha value is -1.46. The van der Waals surface area contributed by atoms with Crippen LogP contribution >= 0.6 is 0 Å². The molecule has 1 atom stereocenters. The molecule has 0 aliphatic heterocycles. The largest absolute Gasteiger partial charge is 0.264 e. The molecule has 2 aromatic rings. The molecule has 0 saturated heterocycles. The molecule has 0 saturated carbocycles. The number of pyridine rings is 1. The topological polar surface area (TPSA) is 59.1 Å². The summed E-state index contributed by atoms with van der Waals surface area (Å²) in [6.07, 6.45) is 4.13. The fraction of sp³-hybridized carbons (Fsp3) is 0.308. The van der Waals surface area contributed by atoms with Gasteiger partial charge in [0.2, 0.25) is 10.0 Å². The second-order valence-electron chi connectivity index (χ2n) is 4.32. The van der Waals surface area contributed by atoms with E-state index in [1.54, 1.807) is 36.7 Å².